The van der Waals surface area contributed by atoms with E-state index in [4.69, 9.17) is 9.72 Å². The number of nitrogens with one attached hydrogen (secondary N) is 1. The molecule has 174 valence electrons. The third-order valence-corrected chi connectivity index (χ3v) is 6.08. The van der Waals surface area contributed by atoms with Gasteiger partial charge in [0.15, 0.2) is 16.7 Å². The van der Waals surface area contributed by atoms with Gasteiger partial charge in [0.05, 0.1) is 36.2 Å². The molecule has 0 fully saturated rings. The number of carbonyl (C=O) groups excluding carboxylic acids is 1. The first-order valence-corrected chi connectivity index (χ1v) is 11.9. The lowest BCUT2D eigenvalue weighted by molar-refractivity contribution is -0.118. The quantitative estimate of drug-likeness (QED) is 0.208. The number of phenolic OH excluding ortho intramolecular Hbond substituents is 1. The highest BCUT2D eigenvalue weighted by Gasteiger charge is 2.13. The summed E-state index contributed by atoms with van der Waals surface area (Å²) in [6, 6.07) is 21.3. The van der Waals surface area contributed by atoms with Crippen LogP contribution in [-0.4, -0.2) is 39.1 Å². The molecule has 1 amide bonds. The molecule has 0 saturated heterocycles. The number of carbonyl (C=O) groups is 1. The average Bonchev–Trinajstić information content (AvgIpc) is 3.18. The summed E-state index contributed by atoms with van der Waals surface area (Å²) in [6.45, 7) is 5.02. The second-order valence-electron chi connectivity index (χ2n) is 7.70. The molecule has 34 heavy (non-hydrogen) atoms. The monoisotopic (exact) mass is 474 g/mol. The van der Waals surface area contributed by atoms with E-state index < -0.39 is 0 Å². The summed E-state index contributed by atoms with van der Waals surface area (Å²) in [5.74, 6) is 0.377. The molecule has 0 bridgehead atoms. The predicted molar refractivity (Wildman–Crippen MR) is 136 cm³/mol. The van der Waals surface area contributed by atoms with Crippen molar-refractivity contribution in [3.8, 4) is 11.5 Å². The van der Waals surface area contributed by atoms with Gasteiger partial charge in [-0.15, -0.1) is 0 Å². The van der Waals surface area contributed by atoms with Crippen LogP contribution in [0.3, 0.4) is 0 Å². The number of ether oxygens (including phenoxy) is 1. The topological polar surface area (TPSA) is 88.7 Å². The predicted octanol–water partition coefficient (Wildman–Crippen LogP) is 4.74. The fourth-order valence-electron chi connectivity index (χ4n) is 3.42. The van der Waals surface area contributed by atoms with Crippen molar-refractivity contribution in [3.05, 3.63) is 83.4 Å². The maximum absolute atomic E-state index is 12.4. The summed E-state index contributed by atoms with van der Waals surface area (Å²) in [5.41, 5.74) is 7.56. The number of benzene rings is 3. The Bertz CT molecular complexity index is 1320. The lowest BCUT2D eigenvalue weighted by Gasteiger charge is -2.09. The average molecular weight is 475 g/mol. The minimum Gasteiger partial charge on any atom is -0.504 e. The van der Waals surface area contributed by atoms with Gasteiger partial charge in [0.25, 0.3) is 5.91 Å². The van der Waals surface area contributed by atoms with Crippen molar-refractivity contribution in [2.75, 3.05) is 12.4 Å². The second kappa shape index (κ2) is 10.9. The number of aryl methyl sites for hydroxylation is 1. The van der Waals surface area contributed by atoms with Crippen LogP contribution in [0.4, 0.5) is 0 Å². The van der Waals surface area contributed by atoms with Crippen LogP contribution in [0.15, 0.2) is 77.0 Å². The van der Waals surface area contributed by atoms with Gasteiger partial charge in [0.2, 0.25) is 0 Å². The molecule has 3 aromatic carbocycles. The molecule has 1 aromatic heterocycles. The number of fused-ring (bicyclic) bond motifs is 1. The molecule has 1 heterocycles. The van der Waals surface area contributed by atoms with E-state index in [1.54, 1.807) is 12.1 Å². The zero-order chi connectivity index (χ0) is 23.9. The number of aromatic nitrogens is 2. The highest BCUT2D eigenvalue weighted by atomic mass is 32.2. The number of imidazole rings is 1. The zero-order valence-corrected chi connectivity index (χ0v) is 19.9. The first-order valence-electron chi connectivity index (χ1n) is 10.9. The van der Waals surface area contributed by atoms with Crippen LogP contribution in [-0.2, 0) is 11.3 Å². The third-order valence-electron chi connectivity index (χ3n) is 5.10. The van der Waals surface area contributed by atoms with Crippen LogP contribution in [0.25, 0.3) is 11.0 Å². The summed E-state index contributed by atoms with van der Waals surface area (Å²) < 4.78 is 7.50. The smallest absolute Gasteiger partial charge is 0.250 e. The van der Waals surface area contributed by atoms with Crippen molar-refractivity contribution in [1.29, 1.82) is 0 Å². The molecule has 4 rings (SSSR count). The van der Waals surface area contributed by atoms with E-state index >= 15 is 0 Å². The van der Waals surface area contributed by atoms with Crippen LogP contribution in [0.2, 0.25) is 0 Å². The van der Waals surface area contributed by atoms with Crippen molar-refractivity contribution in [2.45, 2.75) is 25.5 Å². The van der Waals surface area contributed by atoms with E-state index in [1.165, 1.54) is 35.2 Å². The lowest BCUT2D eigenvalue weighted by atomic mass is 10.1. The molecule has 2 N–H and O–H groups in total. The number of hydrogen-bond donors (Lipinski definition) is 2. The lowest BCUT2D eigenvalue weighted by Crippen LogP contribution is -2.20. The fraction of sp³-hybridized carbons (Fsp3) is 0.192. The maximum Gasteiger partial charge on any atom is 0.250 e. The van der Waals surface area contributed by atoms with Gasteiger partial charge in [-0.1, -0.05) is 53.7 Å². The van der Waals surface area contributed by atoms with E-state index in [1.807, 2.05) is 31.2 Å². The van der Waals surface area contributed by atoms with Crippen LogP contribution >= 0.6 is 11.8 Å². The minimum atomic E-state index is -0.237. The second-order valence-corrected chi connectivity index (χ2v) is 8.64. The van der Waals surface area contributed by atoms with E-state index in [0.717, 1.165) is 16.2 Å². The zero-order valence-electron chi connectivity index (χ0n) is 19.1. The molecule has 0 atom stereocenters. The number of aromatic hydroxyl groups is 1. The van der Waals surface area contributed by atoms with Crippen LogP contribution in [0.1, 0.15) is 23.6 Å². The number of hydrogen-bond acceptors (Lipinski definition) is 6. The molecule has 0 radical (unpaired) electrons. The Balaban J connectivity index is 1.42. The van der Waals surface area contributed by atoms with Gasteiger partial charge in [0, 0.05) is 0 Å². The Morgan fingerprint density at radius 3 is 2.76 bits per heavy atom. The van der Waals surface area contributed by atoms with Crippen molar-refractivity contribution < 1.29 is 14.6 Å². The summed E-state index contributed by atoms with van der Waals surface area (Å²) in [7, 11) is 0. The molecule has 0 aliphatic heterocycles. The minimum absolute atomic E-state index is 0.0629. The molecule has 0 aliphatic rings. The first kappa shape index (κ1) is 23.4. The number of rotatable bonds is 9. The van der Waals surface area contributed by atoms with Gasteiger partial charge in [-0.25, -0.2) is 10.4 Å². The summed E-state index contributed by atoms with van der Waals surface area (Å²) in [5, 5.41) is 14.6. The third kappa shape index (κ3) is 5.77. The molecule has 7 nitrogen and oxygen atoms in total. The molecule has 0 aliphatic carbocycles. The number of thioether (sulfide) groups is 1. The van der Waals surface area contributed by atoms with Crippen LogP contribution in [0, 0.1) is 6.92 Å². The maximum atomic E-state index is 12.4. The van der Waals surface area contributed by atoms with Crippen LogP contribution < -0.4 is 10.2 Å². The molecule has 0 saturated carbocycles. The van der Waals surface area contributed by atoms with E-state index in [0.29, 0.717) is 24.5 Å². The molecule has 8 heteroatoms. The van der Waals surface area contributed by atoms with Gasteiger partial charge in [0.1, 0.15) is 0 Å². The van der Waals surface area contributed by atoms with Gasteiger partial charge >= 0.3 is 0 Å². The standard InChI is InChI=1S/C26H26N4O3S/c1-3-33-24-14-20(12-13-23(24)31)15-27-29-25(32)17-34-26-28-21-6-4-5-7-22(21)30(26)16-19-10-8-18(2)9-11-19/h4-15,31H,3,16-17H2,1-2H3,(H,29,32)/b27-15-. The molecular weight excluding hydrogens is 448 g/mol. The van der Waals surface area contributed by atoms with Gasteiger partial charge < -0.3 is 14.4 Å². The SMILES string of the molecule is CCOc1cc(/C=N\NC(=O)CSc2nc3ccccc3n2Cc2ccc(C)cc2)ccc1O. The number of amides is 1. The summed E-state index contributed by atoms with van der Waals surface area (Å²) >= 11 is 1.37. The van der Waals surface area contributed by atoms with Crippen molar-refractivity contribution >= 4 is 34.9 Å². The molecular formula is C26H26N4O3S. The summed E-state index contributed by atoms with van der Waals surface area (Å²) in [4.78, 5) is 17.1. The summed E-state index contributed by atoms with van der Waals surface area (Å²) in [6.07, 6.45) is 1.51. The van der Waals surface area contributed by atoms with Gasteiger partial charge in [-0.05, 0) is 55.3 Å². The van der Waals surface area contributed by atoms with Gasteiger partial charge in [-0.2, -0.15) is 5.10 Å². The Hall–Kier alpha value is -3.78. The molecule has 0 unspecified atom stereocenters. The van der Waals surface area contributed by atoms with E-state index in [-0.39, 0.29) is 17.4 Å². The fourth-order valence-corrected chi connectivity index (χ4v) is 4.22. The number of hydrazone groups is 1. The number of nitrogens with zero attached hydrogens (tertiary/aromatic N) is 3. The number of phenols is 1. The number of para-hydroxylation sites is 2. The molecule has 0 spiro atoms. The molecule has 4 aromatic rings. The van der Waals surface area contributed by atoms with Crippen molar-refractivity contribution in [1.82, 2.24) is 15.0 Å². The van der Waals surface area contributed by atoms with E-state index in [9.17, 15) is 9.90 Å². The Morgan fingerprint density at radius 2 is 1.97 bits per heavy atom. The highest BCUT2D eigenvalue weighted by Crippen LogP contribution is 2.27. The Labute approximate surface area is 202 Å². The van der Waals surface area contributed by atoms with Crippen LogP contribution in [0.5, 0.6) is 11.5 Å². The largest absolute Gasteiger partial charge is 0.504 e. The normalized spacial score (nSPS) is 11.2. The Kier molecular flexibility index (Phi) is 7.49. The van der Waals surface area contributed by atoms with Crippen molar-refractivity contribution in [2.24, 2.45) is 5.10 Å². The van der Waals surface area contributed by atoms with Gasteiger partial charge in [-0.3, -0.25) is 4.79 Å². The van der Waals surface area contributed by atoms with Crippen molar-refractivity contribution in [3.63, 3.8) is 0 Å². The van der Waals surface area contributed by atoms with E-state index in [2.05, 4.69) is 46.3 Å². The highest BCUT2D eigenvalue weighted by molar-refractivity contribution is 7.99. The first-order chi connectivity index (χ1) is 16.5. The Morgan fingerprint density at radius 1 is 1.18 bits per heavy atom.